The molecule has 0 aliphatic carbocycles. The molecule has 192 valence electrons. The predicted molar refractivity (Wildman–Crippen MR) is 141 cm³/mol. The molecule has 2 aromatic rings. The summed E-state index contributed by atoms with van der Waals surface area (Å²) >= 11 is 0. The van der Waals surface area contributed by atoms with Crippen molar-refractivity contribution in [3.05, 3.63) is 71.8 Å². The second-order valence-corrected chi connectivity index (χ2v) is 10.1. The molecule has 0 aromatic heterocycles. The molecule has 3 rings (SSSR count). The highest BCUT2D eigenvalue weighted by molar-refractivity contribution is 6.09. The van der Waals surface area contributed by atoms with Crippen LogP contribution in [0.15, 0.2) is 60.7 Å². The van der Waals surface area contributed by atoms with Crippen molar-refractivity contribution in [2.24, 2.45) is 11.1 Å². The Morgan fingerprint density at radius 2 is 1.64 bits per heavy atom. The zero-order chi connectivity index (χ0) is 26.3. The van der Waals surface area contributed by atoms with Crippen molar-refractivity contribution < 1.29 is 14.4 Å². The van der Waals surface area contributed by atoms with Crippen LogP contribution in [-0.4, -0.2) is 60.1 Å². The molecule has 5 N–H and O–H groups in total. The average Bonchev–Trinajstić information content (AvgIpc) is 2.87. The van der Waals surface area contributed by atoms with Crippen molar-refractivity contribution in [2.45, 2.75) is 51.1 Å². The largest absolute Gasteiger partial charge is 0.358 e. The van der Waals surface area contributed by atoms with Crippen molar-refractivity contribution in [3.63, 3.8) is 0 Å². The Morgan fingerprint density at radius 1 is 1.06 bits per heavy atom. The lowest BCUT2D eigenvalue weighted by atomic mass is 9.72. The average molecular weight is 492 g/mol. The van der Waals surface area contributed by atoms with E-state index in [1.807, 2.05) is 60.7 Å². The predicted octanol–water partition coefficient (Wildman–Crippen LogP) is 2.07. The molecule has 1 fully saturated rings. The van der Waals surface area contributed by atoms with Crippen molar-refractivity contribution in [1.29, 1.82) is 5.41 Å². The molecule has 0 saturated carbocycles. The van der Waals surface area contributed by atoms with Crippen LogP contribution in [0.5, 0.6) is 0 Å². The summed E-state index contributed by atoms with van der Waals surface area (Å²) < 4.78 is 0. The molecule has 2 atom stereocenters. The van der Waals surface area contributed by atoms with Gasteiger partial charge >= 0.3 is 0 Å². The third-order valence-electron chi connectivity index (χ3n) is 6.75. The Balaban J connectivity index is 1.87. The molecular formula is C28H37N5O3. The minimum absolute atomic E-state index is 0.0724. The van der Waals surface area contributed by atoms with E-state index in [0.29, 0.717) is 31.5 Å². The van der Waals surface area contributed by atoms with Gasteiger partial charge in [0.05, 0.1) is 5.54 Å². The number of aryl methyl sites for hydroxylation is 1. The van der Waals surface area contributed by atoms with Gasteiger partial charge in [0.1, 0.15) is 11.5 Å². The molecule has 1 aliphatic rings. The molecule has 0 unspecified atom stereocenters. The third kappa shape index (κ3) is 6.37. The molecule has 0 bridgehead atoms. The fourth-order valence-corrected chi connectivity index (χ4v) is 4.59. The highest BCUT2D eigenvalue weighted by Gasteiger charge is 2.48. The molecule has 0 spiro atoms. The van der Waals surface area contributed by atoms with Crippen molar-refractivity contribution in [1.82, 2.24) is 15.5 Å². The first-order chi connectivity index (χ1) is 17.1. The number of amides is 3. The van der Waals surface area contributed by atoms with Crippen LogP contribution in [0.3, 0.4) is 0 Å². The van der Waals surface area contributed by atoms with Gasteiger partial charge in [0.2, 0.25) is 17.7 Å². The van der Waals surface area contributed by atoms with Crippen LogP contribution in [0.1, 0.15) is 37.8 Å². The van der Waals surface area contributed by atoms with Gasteiger partial charge in [-0.25, -0.2) is 0 Å². The van der Waals surface area contributed by atoms with E-state index >= 15 is 0 Å². The maximum Gasteiger partial charge on any atom is 0.245 e. The molecule has 36 heavy (non-hydrogen) atoms. The number of rotatable bonds is 9. The van der Waals surface area contributed by atoms with Gasteiger partial charge in [-0.15, -0.1) is 0 Å². The fraction of sp³-hybridized carbons (Fsp3) is 0.429. The van der Waals surface area contributed by atoms with E-state index in [4.69, 9.17) is 11.1 Å². The first-order valence-electron chi connectivity index (χ1n) is 12.3. The second-order valence-electron chi connectivity index (χ2n) is 10.1. The van der Waals surface area contributed by atoms with Gasteiger partial charge < -0.3 is 26.7 Å². The molecule has 1 saturated heterocycles. The Hall–Kier alpha value is -3.52. The smallest absolute Gasteiger partial charge is 0.245 e. The van der Waals surface area contributed by atoms with E-state index in [-0.39, 0.29) is 24.8 Å². The summed E-state index contributed by atoms with van der Waals surface area (Å²) in [5.41, 5.74) is 5.96. The van der Waals surface area contributed by atoms with E-state index in [1.165, 1.54) is 0 Å². The third-order valence-corrected chi connectivity index (χ3v) is 6.75. The van der Waals surface area contributed by atoms with Crippen LogP contribution in [0, 0.1) is 10.8 Å². The van der Waals surface area contributed by atoms with Crippen LogP contribution in [-0.2, 0) is 27.2 Å². The van der Waals surface area contributed by atoms with Crippen molar-refractivity contribution in [3.8, 4) is 0 Å². The Morgan fingerprint density at radius 3 is 2.19 bits per heavy atom. The molecular weight excluding hydrogens is 454 g/mol. The Labute approximate surface area is 213 Å². The molecule has 1 aliphatic heterocycles. The quantitative estimate of drug-likeness (QED) is 0.428. The number of carbonyl (C=O) groups excluding carboxylic acids is 3. The normalized spacial score (nSPS) is 18.9. The highest BCUT2D eigenvalue weighted by Crippen LogP contribution is 2.32. The van der Waals surface area contributed by atoms with Gasteiger partial charge in [0.25, 0.3) is 0 Å². The molecule has 1 heterocycles. The summed E-state index contributed by atoms with van der Waals surface area (Å²) in [7, 11) is 1.55. The lowest BCUT2D eigenvalue weighted by molar-refractivity contribution is -0.141. The molecule has 8 heteroatoms. The molecule has 8 nitrogen and oxygen atoms in total. The van der Waals surface area contributed by atoms with Gasteiger partial charge in [-0.05, 0) is 44.2 Å². The summed E-state index contributed by atoms with van der Waals surface area (Å²) in [4.78, 5) is 41.4. The van der Waals surface area contributed by atoms with Gasteiger partial charge in [-0.1, -0.05) is 60.7 Å². The summed E-state index contributed by atoms with van der Waals surface area (Å²) in [6.45, 7) is 3.58. The molecule has 0 radical (unpaired) electrons. The summed E-state index contributed by atoms with van der Waals surface area (Å²) in [6.07, 6.45) is 1.59. The topological polar surface area (TPSA) is 128 Å². The monoisotopic (exact) mass is 491 g/mol. The number of nitrogens with one attached hydrogen (secondary N) is 3. The minimum Gasteiger partial charge on any atom is -0.358 e. The number of hydrogen-bond acceptors (Lipinski definition) is 5. The van der Waals surface area contributed by atoms with Gasteiger partial charge in [0.15, 0.2) is 0 Å². The highest BCUT2D eigenvalue weighted by atomic mass is 16.2. The lowest BCUT2D eigenvalue weighted by Crippen LogP contribution is -2.62. The number of piperidine rings is 1. The maximum atomic E-state index is 13.8. The number of carbonyl (C=O) groups is 3. The van der Waals surface area contributed by atoms with E-state index in [0.717, 1.165) is 11.1 Å². The van der Waals surface area contributed by atoms with E-state index in [1.54, 1.807) is 25.8 Å². The SMILES string of the molecule is CNC(=O)[C@]1(Cc2ccccc2)CN(C(=O)[C@@H](CCc2ccccc2)NC(=O)C(C)(C)N)CCC1=N. The van der Waals surface area contributed by atoms with Gasteiger partial charge in [-0.2, -0.15) is 0 Å². The van der Waals surface area contributed by atoms with E-state index in [2.05, 4.69) is 10.6 Å². The van der Waals surface area contributed by atoms with Gasteiger partial charge in [-0.3, -0.25) is 14.4 Å². The zero-order valence-corrected chi connectivity index (χ0v) is 21.3. The maximum absolute atomic E-state index is 13.8. The molecule has 3 amide bonds. The van der Waals surface area contributed by atoms with Crippen molar-refractivity contribution >= 4 is 23.4 Å². The zero-order valence-electron chi connectivity index (χ0n) is 21.3. The van der Waals surface area contributed by atoms with Crippen LogP contribution in [0.4, 0.5) is 0 Å². The first kappa shape index (κ1) is 27.1. The standard InChI is InChI=1S/C28H37N5O3/c1-27(2,30)25(35)32-22(15-14-20-10-6-4-7-11-20)24(34)33-17-16-23(29)28(19-33,26(36)31-3)18-21-12-8-5-9-13-21/h4-13,22,29H,14-19,30H2,1-3H3,(H,31,36)(H,32,35)/t22-,28-/m1/s1. The number of benzene rings is 2. The summed E-state index contributed by atoms with van der Waals surface area (Å²) in [5.74, 6) is -0.972. The summed E-state index contributed by atoms with van der Waals surface area (Å²) in [6, 6.07) is 18.5. The molecule has 2 aromatic carbocycles. The van der Waals surface area contributed by atoms with Crippen LogP contribution in [0.25, 0.3) is 0 Å². The van der Waals surface area contributed by atoms with E-state index in [9.17, 15) is 14.4 Å². The second kappa shape index (κ2) is 11.5. The van der Waals surface area contributed by atoms with Crippen molar-refractivity contribution in [2.75, 3.05) is 20.1 Å². The number of nitrogens with zero attached hydrogens (tertiary/aromatic N) is 1. The fourth-order valence-electron chi connectivity index (χ4n) is 4.59. The minimum atomic E-state index is -1.18. The van der Waals surface area contributed by atoms with Gasteiger partial charge in [0, 0.05) is 32.3 Å². The lowest BCUT2D eigenvalue weighted by Gasteiger charge is -2.43. The Kier molecular flexibility index (Phi) is 8.63. The number of nitrogens with two attached hydrogens (primary N) is 1. The van der Waals surface area contributed by atoms with Crippen LogP contribution in [0.2, 0.25) is 0 Å². The van der Waals surface area contributed by atoms with Crippen LogP contribution >= 0.6 is 0 Å². The first-order valence-corrected chi connectivity index (χ1v) is 12.3. The van der Waals surface area contributed by atoms with E-state index < -0.39 is 22.9 Å². The summed E-state index contributed by atoms with van der Waals surface area (Å²) in [5, 5.41) is 14.3. The van der Waals surface area contributed by atoms with Crippen LogP contribution < -0.4 is 16.4 Å². The number of hydrogen-bond donors (Lipinski definition) is 4. The Bertz CT molecular complexity index is 1070. The number of likely N-dealkylation sites (tertiary alicyclic amines) is 1.